The minimum atomic E-state index is -4.59. The molecule has 9 nitrogen and oxygen atoms in total. The van der Waals surface area contributed by atoms with Crippen LogP contribution in [-0.4, -0.2) is 47.4 Å². The maximum Gasteiger partial charge on any atom is 0.417 e. The summed E-state index contributed by atoms with van der Waals surface area (Å²) < 4.78 is 45.1. The molecule has 3 amide bonds. The zero-order valence-corrected chi connectivity index (χ0v) is 21.9. The van der Waals surface area contributed by atoms with Crippen LogP contribution < -0.4 is 16.4 Å². The summed E-state index contributed by atoms with van der Waals surface area (Å²) >= 11 is 0. The molecule has 2 rings (SSSR count). The standard InChI is InChI=1S/C27H33F3N4O5/c1-4-39-24(36)14-10-17(9-13-23(31)35)32-26(38)22(15-16(2)3)34-25(37)21-12-11-20(33-21)18-7-5-6-8-19(18)27(28,29)30/h5-8,10-12,14,16-17,22,33H,4,9,13,15H2,1-3H3,(H2,31,35)(H,32,38)(H,34,37)/b14-10+/t17-,22-/m1/s1. The highest BCUT2D eigenvalue weighted by Crippen LogP contribution is 2.36. The first-order valence-corrected chi connectivity index (χ1v) is 12.4. The first kappa shape index (κ1) is 31.1. The van der Waals surface area contributed by atoms with Gasteiger partial charge in [-0.05, 0) is 43.9 Å². The molecule has 0 bridgehead atoms. The van der Waals surface area contributed by atoms with E-state index < -0.39 is 47.5 Å². The Labute approximate surface area is 224 Å². The number of nitrogens with two attached hydrogens (primary N) is 1. The van der Waals surface area contributed by atoms with Gasteiger partial charge in [0.1, 0.15) is 11.7 Å². The summed E-state index contributed by atoms with van der Waals surface area (Å²) in [6, 6.07) is 5.90. The number of amides is 3. The molecule has 12 heteroatoms. The van der Waals surface area contributed by atoms with Crippen molar-refractivity contribution in [2.24, 2.45) is 11.7 Å². The highest BCUT2D eigenvalue weighted by molar-refractivity contribution is 5.97. The molecule has 0 aliphatic carbocycles. The van der Waals surface area contributed by atoms with E-state index in [1.165, 1.54) is 36.4 Å². The molecule has 1 aromatic heterocycles. The number of carbonyl (C=O) groups is 4. The summed E-state index contributed by atoms with van der Waals surface area (Å²) in [6.45, 7) is 5.49. The largest absolute Gasteiger partial charge is 0.463 e. The van der Waals surface area contributed by atoms with Crippen LogP contribution in [0.4, 0.5) is 13.2 Å². The molecule has 1 heterocycles. The highest BCUT2D eigenvalue weighted by Gasteiger charge is 2.34. The SMILES string of the molecule is CCOC(=O)/C=C/[C@@H](CCC(N)=O)NC(=O)[C@@H](CC(C)C)NC(=O)c1ccc(-c2ccccc2C(F)(F)F)[nH]1. The van der Waals surface area contributed by atoms with Gasteiger partial charge in [0, 0.05) is 29.8 Å². The van der Waals surface area contributed by atoms with Gasteiger partial charge in [-0.3, -0.25) is 14.4 Å². The van der Waals surface area contributed by atoms with Crippen LogP contribution in [0.3, 0.4) is 0 Å². The number of primary amides is 1. The molecular formula is C27H33F3N4O5. The second kappa shape index (κ2) is 14.2. The average Bonchev–Trinajstić information content (AvgIpc) is 3.35. The molecule has 0 saturated heterocycles. The van der Waals surface area contributed by atoms with E-state index in [-0.39, 0.29) is 48.7 Å². The van der Waals surface area contributed by atoms with E-state index in [1.807, 2.05) is 13.8 Å². The minimum Gasteiger partial charge on any atom is -0.463 e. The number of H-pyrrole nitrogens is 1. The number of hydrogen-bond acceptors (Lipinski definition) is 5. The number of ether oxygens (including phenoxy) is 1. The van der Waals surface area contributed by atoms with Crippen LogP contribution in [0, 0.1) is 5.92 Å². The number of aromatic amines is 1. The van der Waals surface area contributed by atoms with Crippen LogP contribution in [0.1, 0.15) is 56.1 Å². The molecule has 0 aliphatic rings. The minimum absolute atomic E-state index is 0.0157. The molecule has 5 N–H and O–H groups in total. The Hall–Kier alpha value is -4.09. The number of halogens is 3. The maximum atomic E-state index is 13.4. The van der Waals surface area contributed by atoms with Gasteiger partial charge < -0.3 is 26.1 Å². The van der Waals surface area contributed by atoms with Crippen molar-refractivity contribution in [3.8, 4) is 11.3 Å². The average molecular weight is 551 g/mol. The number of aromatic nitrogens is 1. The van der Waals surface area contributed by atoms with Crippen molar-refractivity contribution in [1.82, 2.24) is 15.6 Å². The van der Waals surface area contributed by atoms with E-state index in [9.17, 15) is 32.3 Å². The number of benzene rings is 1. The van der Waals surface area contributed by atoms with Crippen molar-refractivity contribution >= 4 is 23.7 Å². The molecular weight excluding hydrogens is 517 g/mol. The van der Waals surface area contributed by atoms with Gasteiger partial charge in [-0.2, -0.15) is 13.2 Å². The van der Waals surface area contributed by atoms with Gasteiger partial charge in [0.15, 0.2) is 0 Å². The third-order valence-electron chi connectivity index (χ3n) is 5.56. The molecule has 0 saturated carbocycles. The van der Waals surface area contributed by atoms with E-state index in [2.05, 4.69) is 15.6 Å². The lowest BCUT2D eigenvalue weighted by molar-refractivity contribution is -0.138. The smallest absolute Gasteiger partial charge is 0.417 e. The van der Waals surface area contributed by atoms with Crippen molar-refractivity contribution in [2.45, 2.75) is 58.3 Å². The van der Waals surface area contributed by atoms with E-state index in [4.69, 9.17) is 10.5 Å². The summed E-state index contributed by atoms with van der Waals surface area (Å²) in [6.07, 6.45) is -1.79. The van der Waals surface area contributed by atoms with Gasteiger partial charge in [-0.25, -0.2) is 4.79 Å². The van der Waals surface area contributed by atoms with Crippen LogP contribution in [0.5, 0.6) is 0 Å². The Morgan fingerprint density at radius 1 is 1.08 bits per heavy atom. The number of alkyl halides is 3. The van der Waals surface area contributed by atoms with Crippen LogP contribution >= 0.6 is 0 Å². The molecule has 0 radical (unpaired) electrons. The highest BCUT2D eigenvalue weighted by atomic mass is 19.4. The number of esters is 1. The molecule has 0 spiro atoms. The fraction of sp³-hybridized carbons (Fsp3) is 0.407. The third-order valence-corrected chi connectivity index (χ3v) is 5.56. The molecule has 2 atom stereocenters. The van der Waals surface area contributed by atoms with Gasteiger partial charge in [0.25, 0.3) is 5.91 Å². The second-order valence-electron chi connectivity index (χ2n) is 9.22. The van der Waals surface area contributed by atoms with Crippen molar-refractivity contribution in [1.29, 1.82) is 0 Å². The molecule has 212 valence electrons. The Morgan fingerprint density at radius 2 is 1.77 bits per heavy atom. The lowest BCUT2D eigenvalue weighted by atomic mass is 10.0. The van der Waals surface area contributed by atoms with Crippen molar-refractivity contribution in [2.75, 3.05) is 6.61 Å². The quantitative estimate of drug-likeness (QED) is 0.222. The zero-order chi connectivity index (χ0) is 29.2. The Bertz CT molecular complexity index is 1190. The normalized spacial score (nSPS) is 13.2. The van der Waals surface area contributed by atoms with Gasteiger partial charge >= 0.3 is 12.1 Å². The van der Waals surface area contributed by atoms with Crippen LogP contribution in [0.2, 0.25) is 0 Å². The fourth-order valence-electron chi connectivity index (χ4n) is 3.77. The van der Waals surface area contributed by atoms with E-state index >= 15 is 0 Å². The predicted octanol–water partition coefficient (Wildman–Crippen LogP) is 3.71. The number of hydrogen-bond donors (Lipinski definition) is 4. The lowest BCUT2D eigenvalue weighted by Crippen LogP contribution is -2.50. The molecule has 1 aromatic carbocycles. The van der Waals surface area contributed by atoms with Gasteiger partial charge in [-0.1, -0.05) is 38.1 Å². The molecule has 0 fully saturated rings. The van der Waals surface area contributed by atoms with Crippen molar-refractivity contribution in [3.63, 3.8) is 0 Å². The first-order valence-electron chi connectivity index (χ1n) is 12.4. The Morgan fingerprint density at radius 3 is 2.38 bits per heavy atom. The topological polar surface area (TPSA) is 143 Å². The number of carbonyl (C=O) groups excluding carboxylic acids is 4. The van der Waals surface area contributed by atoms with Crippen LogP contribution in [0.25, 0.3) is 11.3 Å². The molecule has 39 heavy (non-hydrogen) atoms. The Kier molecular flexibility index (Phi) is 11.3. The van der Waals surface area contributed by atoms with Gasteiger partial charge in [-0.15, -0.1) is 0 Å². The molecule has 0 aliphatic heterocycles. The third kappa shape index (κ3) is 9.95. The Balaban J connectivity index is 2.22. The van der Waals surface area contributed by atoms with Crippen molar-refractivity contribution in [3.05, 3.63) is 59.8 Å². The zero-order valence-electron chi connectivity index (χ0n) is 21.9. The second-order valence-corrected chi connectivity index (χ2v) is 9.22. The van der Waals surface area contributed by atoms with E-state index in [0.717, 1.165) is 12.1 Å². The summed E-state index contributed by atoms with van der Waals surface area (Å²) in [7, 11) is 0. The number of rotatable bonds is 13. The van der Waals surface area contributed by atoms with Crippen LogP contribution in [-0.2, 0) is 25.3 Å². The van der Waals surface area contributed by atoms with E-state index in [0.29, 0.717) is 0 Å². The summed E-state index contributed by atoms with van der Waals surface area (Å²) in [5, 5.41) is 5.31. The van der Waals surface area contributed by atoms with Crippen LogP contribution in [0.15, 0.2) is 48.6 Å². The number of nitrogens with one attached hydrogen (secondary N) is 3. The fourth-order valence-corrected chi connectivity index (χ4v) is 3.77. The first-order chi connectivity index (χ1) is 18.3. The summed E-state index contributed by atoms with van der Waals surface area (Å²) in [5.74, 6) is -2.51. The lowest BCUT2D eigenvalue weighted by Gasteiger charge is -2.23. The van der Waals surface area contributed by atoms with Gasteiger partial charge in [0.2, 0.25) is 11.8 Å². The van der Waals surface area contributed by atoms with Crippen molar-refractivity contribution < 1.29 is 37.1 Å². The summed E-state index contributed by atoms with van der Waals surface area (Å²) in [5.41, 5.74) is 4.31. The predicted molar refractivity (Wildman–Crippen MR) is 138 cm³/mol. The monoisotopic (exact) mass is 550 g/mol. The molecule has 2 aromatic rings. The maximum absolute atomic E-state index is 13.4. The molecule has 0 unspecified atom stereocenters. The van der Waals surface area contributed by atoms with Gasteiger partial charge in [0.05, 0.1) is 12.2 Å². The van der Waals surface area contributed by atoms with E-state index in [1.54, 1.807) is 6.92 Å². The summed E-state index contributed by atoms with van der Waals surface area (Å²) in [4.78, 5) is 51.8.